The molecule has 1 aromatic carbocycles. The van der Waals surface area contributed by atoms with Crippen molar-refractivity contribution in [2.75, 3.05) is 11.9 Å². The minimum absolute atomic E-state index is 0.0631. The Balaban J connectivity index is 1.53. The molecule has 2 fully saturated rings. The molecule has 25 heavy (non-hydrogen) atoms. The van der Waals surface area contributed by atoms with Gasteiger partial charge in [-0.1, -0.05) is 0 Å². The molecule has 0 spiro atoms. The lowest BCUT2D eigenvalue weighted by molar-refractivity contribution is 0.0730. The molecular formula is C19H21FN2O2S. The van der Waals surface area contributed by atoms with Crippen LogP contribution in [0.5, 0.6) is 0 Å². The van der Waals surface area contributed by atoms with E-state index >= 15 is 0 Å². The molecule has 1 amide bonds. The van der Waals surface area contributed by atoms with E-state index in [2.05, 4.69) is 5.32 Å². The highest BCUT2D eigenvalue weighted by atomic mass is 32.1. The van der Waals surface area contributed by atoms with Gasteiger partial charge in [-0.2, -0.15) is 11.3 Å². The van der Waals surface area contributed by atoms with Crippen LogP contribution in [0, 0.1) is 5.82 Å². The molecule has 3 heterocycles. The van der Waals surface area contributed by atoms with E-state index in [1.54, 1.807) is 24.5 Å². The summed E-state index contributed by atoms with van der Waals surface area (Å²) in [6, 6.07) is 7.39. The van der Waals surface area contributed by atoms with Gasteiger partial charge in [0, 0.05) is 24.7 Å². The maximum Gasteiger partial charge on any atom is 0.414 e. The molecule has 2 aromatic rings. The maximum absolute atomic E-state index is 13.8. The Bertz CT molecular complexity index is 753. The van der Waals surface area contributed by atoms with Crippen LogP contribution in [0.25, 0.3) is 11.1 Å². The van der Waals surface area contributed by atoms with Gasteiger partial charge >= 0.3 is 6.09 Å². The van der Waals surface area contributed by atoms with Crippen molar-refractivity contribution < 1.29 is 13.9 Å². The van der Waals surface area contributed by atoms with Gasteiger partial charge in [0.25, 0.3) is 0 Å². The number of nitrogens with zero attached hydrogens (tertiary/aromatic N) is 1. The lowest BCUT2D eigenvalue weighted by atomic mass is 10.0. The number of anilines is 1. The fraction of sp³-hybridized carbons (Fsp3) is 0.421. The number of carbonyl (C=O) groups is 1. The number of thiophene rings is 1. The lowest BCUT2D eigenvalue weighted by Gasteiger charge is -2.30. The number of piperidine rings is 1. The van der Waals surface area contributed by atoms with E-state index in [1.165, 1.54) is 17.0 Å². The monoisotopic (exact) mass is 360 g/mol. The van der Waals surface area contributed by atoms with Crippen molar-refractivity contribution in [2.45, 2.75) is 43.9 Å². The number of benzene rings is 1. The number of fused-ring (bicyclic) bond motifs is 2. The first-order valence-corrected chi connectivity index (χ1v) is 9.57. The smallest absolute Gasteiger partial charge is 0.414 e. The summed E-state index contributed by atoms with van der Waals surface area (Å²) >= 11 is 1.57. The lowest BCUT2D eigenvalue weighted by Crippen LogP contribution is -2.43. The van der Waals surface area contributed by atoms with Gasteiger partial charge in [-0.25, -0.2) is 9.18 Å². The second kappa shape index (κ2) is 6.77. The number of amides is 1. The van der Waals surface area contributed by atoms with Gasteiger partial charge in [-0.3, -0.25) is 4.90 Å². The summed E-state index contributed by atoms with van der Waals surface area (Å²) in [7, 11) is 1.64. The third-order valence-electron chi connectivity index (χ3n) is 5.12. The Morgan fingerprint density at radius 1 is 1.28 bits per heavy atom. The van der Waals surface area contributed by atoms with Crippen LogP contribution in [-0.2, 0) is 4.74 Å². The summed E-state index contributed by atoms with van der Waals surface area (Å²) in [4.78, 5) is 14.1. The zero-order chi connectivity index (χ0) is 17.4. The van der Waals surface area contributed by atoms with Crippen LogP contribution in [0.2, 0.25) is 0 Å². The SMILES string of the molecule is CN(C(=O)OC1CC2CCC(C1)N2)c1cc(F)ccc1-c1ccsc1. The number of hydrogen-bond donors (Lipinski definition) is 1. The van der Waals surface area contributed by atoms with E-state index in [9.17, 15) is 9.18 Å². The van der Waals surface area contributed by atoms with Crippen LogP contribution in [0.3, 0.4) is 0 Å². The Labute approximate surface area is 150 Å². The summed E-state index contributed by atoms with van der Waals surface area (Å²) in [6.07, 6.45) is 3.54. The fourth-order valence-corrected chi connectivity index (χ4v) is 4.52. The van der Waals surface area contributed by atoms with Crippen LogP contribution in [0.1, 0.15) is 25.7 Å². The Kier molecular flexibility index (Phi) is 4.48. The minimum atomic E-state index is -0.423. The largest absolute Gasteiger partial charge is 0.446 e. The van der Waals surface area contributed by atoms with Gasteiger partial charge in [0.05, 0.1) is 5.69 Å². The molecule has 2 aliphatic rings. The molecule has 2 aliphatic heterocycles. The zero-order valence-electron chi connectivity index (χ0n) is 14.1. The van der Waals surface area contributed by atoms with E-state index in [4.69, 9.17) is 4.74 Å². The highest BCUT2D eigenvalue weighted by Gasteiger charge is 2.35. The van der Waals surface area contributed by atoms with Gasteiger partial charge < -0.3 is 10.1 Å². The van der Waals surface area contributed by atoms with Gasteiger partial charge in [-0.05, 0) is 66.3 Å². The summed E-state index contributed by atoms with van der Waals surface area (Å²) in [5.74, 6) is -0.367. The zero-order valence-corrected chi connectivity index (χ0v) is 14.9. The van der Waals surface area contributed by atoms with Crippen LogP contribution < -0.4 is 10.2 Å². The van der Waals surface area contributed by atoms with Gasteiger partial charge in [0.15, 0.2) is 0 Å². The van der Waals surface area contributed by atoms with E-state index < -0.39 is 6.09 Å². The van der Waals surface area contributed by atoms with Crippen molar-refractivity contribution in [1.29, 1.82) is 0 Å². The van der Waals surface area contributed by atoms with E-state index in [0.717, 1.165) is 36.8 Å². The van der Waals surface area contributed by atoms with Crippen molar-refractivity contribution in [1.82, 2.24) is 5.32 Å². The van der Waals surface area contributed by atoms with Crippen molar-refractivity contribution in [3.63, 3.8) is 0 Å². The molecular weight excluding hydrogens is 339 g/mol. The number of rotatable bonds is 3. The van der Waals surface area contributed by atoms with E-state index in [0.29, 0.717) is 17.8 Å². The highest BCUT2D eigenvalue weighted by molar-refractivity contribution is 7.08. The number of ether oxygens (including phenoxy) is 1. The van der Waals surface area contributed by atoms with Gasteiger partial charge in [0.2, 0.25) is 0 Å². The number of nitrogens with one attached hydrogen (secondary N) is 1. The molecule has 4 rings (SSSR count). The third kappa shape index (κ3) is 3.41. The summed E-state index contributed by atoms with van der Waals surface area (Å²) < 4.78 is 19.5. The second-order valence-electron chi connectivity index (χ2n) is 6.85. The molecule has 0 radical (unpaired) electrons. The molecule has 2 saturated heterocycles. The predicted octanol–water partition coefficient (Wildman–Crippen LogP) is 4.41. The predicted molar refractivity (Wildman–Crippen MR) is 97.6 cm³/mol. The normalized spacial score (nSPS) is 25.0. The first-order chi connectivity index (χ1) is 12.1. The van der Waals surface area contributed by atoms with Crippen molar-refractivity contribution >= 4 is 23.1 Å². The fourth-order valence-electron chi connectivity index (χ4n) is 3.87. The van der Waals surface area contributed by atoms with Crippen LogP contribution in [0.15, 0.2) is 35.0 Å². The van der Waals surface area contributed by atoms with Crippen LogP contribution in [0.4, 0.5) is 14.9 Å². The quantitative estimate of drug-likeness (QED) is 0.881. The average molecular weight is 360 g/mol. The summed E-state index contributed by atoms with van der Waals surface area (Å²) in [5, 5.41) is 7.49. The number of hydrogen-bond acceptors (Lipinski definition) is 4. The van der Waals surface area contributed by atoms with Gasteiger partial charge in [0.1, 0.15) is 11.9 Å². The van der Waals surface area contributed by atoms with Gasteiger partial charge in [-0.15, -0.1) is 0 Å². The molecule has 132 valence electrons. The van der Waals surface area contributed by atoms with Crippen molar-refractivity contribution in [2.24, 2.45) is 0 Å². The first-order valence-electron chi connectivity index (χ1n) is 8.62. The topological polar surface area (TPSA) is 41.6 Å². The van der Waals surface area contributed by atoms with Crippen molar-refractivity contribution in [3.8, 4) is 11.1 Å². The molecule has 2 unspecified atom stereocenters. The average Bonchev–Trinajstić information content (AvgIpc) is 3.24. The van der Waals surface area contributed by atoms with Crippen LogP contribution >= 0.6 is 11.3 Å². The molecule has 0 saturated carbocycles. The Hall–Kier alpha value is -1.92. The Morgan fingerprint density at radius 3 is 2.72 bits per heavy atom. The molecule has 1 aromatic heterocycles. The molecule has 2 bridgehead atoms. The molecule has 2 atom stereocenters. The standard InChI is InChI=1S/C19H21FN2O2S/c1-22(19(23)24-16-9-14-3-4-15(10-16)21-14)18-8-13(20)2-5-17(18)12-6-7-25-11-12/h2,5-8,11,14-16,21H,3-4,9-10H2,1H3. The van der Waals surface area contributed by atoms with Crippen molar-refractivity contribution in [3.05, 3.63) is 40.8 Å². The van der Waals surface area contributed by atoms with E-state index in [1.807, 2.05) is 16.8 Å². The first kappa shape index (κ1) is 16.5. The number of carbonyl (C=O) groups excluding carboxylic acids is 1. The molecule has 4 nitrogen and oxygen atoms in total. The Morgan fingerprint density at radius 2 is 2.04 bits per heavy atom. The van der Waals surface area contributed by atoms with Crippen LogP contribution in [-0.4, -0.2) is 31.3 Å². The molecule has 6 heteroatoms. The summed E-state index contributed by atoms with van der Waals surface area (Å²) in [6.45, 7) is 0. The summed E-state index contributed by atoms with van der Waals surface area (Å²) in [5.41, 5.74) is 2.33. The van der Waals surface area contributed by atoms with E-state index in [-0.39, 0.29) is 11.9 Å². The minimum Gasteiger partial charge on any atom is -0.446 e. The second-order valence-corrected chi connectivity index (χ2v) is 7.63. The maximum atomic E-state index is 13.8. The number of halogens is 1. The third-order valence-corrected chi connectivity index (χ3v) is 5.81. The highest BCUT2D eigenvalue weighted by Crippen LogP contribution is 2.34. The molecule has 1 N–H and O–H groups in total. The molecule has 0 aliphatic carbocycles.